The molecule has 314 valence electrons. The molecule has 3 heteroatoms. The summed E-state index contributed by atoms with van der Waals surface area (Å²) in [6, 6.07) is 91.9. The van der Waals surface area contributed by atoms with Crippen LogP contribution in [0.3, 0.4) is 0 Å². The molecule has 0 aliphatic carbocycles. The Hall–Kier alpha value is -8.92. The van der Waals surface area contributed by atoms with E-state index in [0.29, 0.717) is 0 Å². The maximum Gasteiger partial charge on any atom is 0.143 e. The van der Waals surface area contributed by atoms with E-state index in [9.17, 15) is 0 Å². The Morgan fingerprint density at radius 2 is 0.851 bits per heavy atom. The van der Waals surface area contributed by atoms with Crippen LogP contribution in [0.5, 0.6) is 0 Å². The molecule has 0 bridgehead atoms. The minimum absolute atomic E-state index is 0.900. The summed E-state index contributed by atoms with van der Waals surface area (Å²) >= 11 is 0. The summed E-state index contributed by atoms with van der Waals surface area (Å²) in [5, 5.41) is 7.21. The number of furan rings is 1. The van der Waals surface area contributed by atoms with Gasteiger partial charge in [0.25, 0.3) is 0 Å². The van der Waals surface area contributed by atoms with Crippen molar-refractivity contribution < 1.29 is 4.42 Å². The van der Waals surface area contributed by atoms with Crippen LogP contribution in [0.4, 0.5) is 17.1 Å². The minimum atomic E-state index is 0.900. The van der Waals surface area contributed by atoms with Gasteiger partial charge in [0.1, 0.15) is 11.2 Å². The van der Waals surface area contributed by atoms with Crippen molar-refractivity contribution in [2.75, 3.05) is 4.90 Å². The molecule has 0 atom stereocenters. The maximum absolute atomic E-state index is 6.48. The molecule has 0 spiro atoms. The summed E-state index contributed by atoms with van der Waals surface area (Å²) in [6.07, 6.45) is 0. The predicted molar refractivity (Wildman–Crippen MR) is 282 cm³/mol. The first-order valence-corrected chi connectivity index (χ1v) is 22.9. The number of aromatic nitrogens is 1. The van der Waals surface area contributed by atoms with Gasteiger partial charge < -0.3 is 13.9 Å². The van der Waals surface area contributed by atoms with Crippen LogP contribution in [-0.2, 0) is 0 Å². The molecule has 11 aromatic carbocycles. The van der Waals surface area contributed by atoms with Crippen LogP contribution in [0.2, 0.25) is 0 Å². The Labute approximate surface area is 388 Å². The smallest absolute Gasteiger partial charge is 0.143 e. The summed E-state index contributed by atoms with van der Waals surface area (Å²) in [6.45, 7) is 0. The molecule has 2 aromatic heterocycles. The molecule has 67 heavy (non-hydrogen) atoms. The van der Waals surface area contributed by atoms with Crippen molar-refractivity contribution in [2.45, 2.75) is 0 Å². The molecule has 0 unspecified atom stereocenters. The highest BCUT2D eigenvalue weighted by Gasteiger charge is 2.21. The predicted octanol–water partition coefficient (Wildman–Crippen LogP) is 18.0. The van der Waals surface area contributed by atoms with Crippen molar-refractivity contribution in [3.05, 3.63) is 255 Å². The summed E-state index contributed by atoms with van der Waals surface area (Å²) in [4.78, 5) is 2.41. The number of benzene rings is 11. The van der Waals surface area contributed by atoms with Crippen molar-refractivity contribution >= 4 is 71.6 Å². The Balaban J connectivity index is 0.918. The molecular weight excluding hydrogens is 813 g/mol. The molecular formula is C64H42N2O. The number of anilines is 3. The van der Waals surface area contributed by atoms with Crippen LogP contribution >= 0.6 is 0 Å². The van der Waals surface area contributed by atoms with Gasteiger partial charge in [-0.3, -0.25) is 0 Å². The second kappa shape index (κ2) is 16.0. The lowest BCUT2D eigenvalue weighted by Crippen LogP contribution is -2.11. The number of fused-ring (bicyclic) bond motifs is 7. The van der Waals surface area contributed by atoms with Gasteiger partial charge in [0, 0.05) is 49.6 Å². The third kappa shape index (κ3) is 6.51. The minimum Gasteiger partial charge on any atom is -0.455 e. The SMILES string of the molecule is c1cc(-c2ccc(-c3ccccc3-n3c4ccccc4c4ccccc43)cc2)cc(N(c2ccc(-c3cccc4c3oc3ccccc34)cc2)c2ccccc2-c2cccc3ccccc23)c1. The Morgan fingerprint density at radius 1 is 0.313 bits per heavy atom. The molecule has 3 nitrogen and oxygen atoms in total. The quantitative estimate of drug-likeness (QED) is 0.152. The summed E-state index contributed by atoms with van der Waals surface area (Å²) in [5.41, 5.74) is 17.8. The van der Waals surface area contributed by atoms with Crippen LogP contribution in [0.1, 0.15) is 0 Å². The van der Waals surface area contributed by atoms with Crippen molar-refractivity contribution in [1.82, 2.24) is 4.57 Å². The molecule has 13 rings (SSSR count). The second-order valence-corrected chi connectivity index (χ2v) is 17.2. The molecule has 0 aliphatic heterocycles. The van der Waals surface area contributed by atoms with E-state index in [2.05, 4.69) is 252 Å². The number of rotatable bonds is 8. The van der Waals surface area contributed by atoms with Crippen LogP contribution in [0.15, 0.2) is 259 Å². The molecule has 0 radical (unpaired) electrons. The van der Waals surface area contributed by atoms with Gasteiger partial charge in [0.05, 0.1) is 22.4 Å². The van der Waals surface area contributed by atoms with Gasteiger partial charge >= 0.3 is 0 Å². The monoisotopic (exact) mass is 854 g/mol. The first-order chi connectivity index (χ1) is 33.2. The third-order valence-electron chi connectivity index (χ3n) is 13.4. The molecule has 0 saturated carbocycles. The highest BCUT2D eigenvalue weighted by atomic mass is 16.3. The van der Waals surface area contributed by atoms with Gasteiger partial charge in [-0.25, -0.2) is 0 Å². The Kier molecular flexibility index (Phi) is 9.17. The van der Waals surface area contributed by atoms with E-state index < -0.39 is 0 Å². The van der Waals surface area contributed by atoms with E-state index >= 15 is 0 Å². The standard InChI is InChI=1S/C64H42N2O/c1-2-20-50-44(16-1)17-14-27-53(50)54-22-4-9-30-60(54)65(48-40-38-46(39-41-48)52-26-15-28-58-57-25-7-12-33-63(57)67-64(52)58)49-19-13-18-47(42-49)43-34-36-45(37-35-43)51-21-3-8-29-59(51)66-61-31-10-5-23-55(61)56-24-6-11-32-62(56)66/h1-42H. The number of hydrogen-bond donors (Lipinski definition) is 0. The lowest BCUT2D eigenvalue weighted by molar-refractivity contribution is 0.670. The van der Waals surface area contributed by atoms with Gasteiger partial charge in [-0.2, -0.15) is 0 Å². The van der Waals surface area contributed by atoms with E-state index in [1.165, 1.54) is 49.3 Å². The fourth-order valence-corrected chi connectivity index (χ4v) is 10.3. The molecule has 13 aromatic rings. The lowest BCUT2D eigenvalue weighted by Gasteiger charge is -2.29. The number of hydrogen-bond acceptors (Lipinski definition) is 2. The van der Waals surface area contributed by atoms with E-state index in [4.69, 9.17) is 4.42 Å². The number of para-hydroxylation sites is 6. The van der Waals surface area contributed by atoms with Crippen LogP contribution in [0.25, 0.3) is 105 Å². The average molecular weight is 855 g/mol. The zero-order chi connectivity index (χ0) is 44.3. The van der Waals surface area contributed by atoms with E-state index in [1.54, 1.807) is 0 Å². The highest BCUT2D eigenvalue weighted by Crippen LogP contribution is 2.45. The maximum atomic E-state index is 6.48. The second-order valence-electron chi connectivity index (χ2n) is 17.2. The van der Waals surface area contributed by atoms with Gasteiger partial charge in [0.2, 0.25) is 0 Å². The largest absolute Gasteiger partial charge is 0.455 e. The van der Waals surface area contributed by atoms with Crippen LogP contribution in [-0.4, -0.2) is 4.57 Å². The van der Waals surface area contributed by atoms with Crippen LogP contribution < -0.4 is 4.90 Å². The van der Waals surface area contributed by atoms with E-state index in [1.807, 2.05) is 12.1 Å². The average Bonchev–Trinajstić information content (AvgIpc) is 3.95. The lowest BCUT2D eigenvalue weighted by atomic mass is 9.95. The molecule has 0 N–H and O–H groups in total. The molecule has 0 saturated heterocycles. The van der Waals surface area contributed by atoms with Crippen molar-refractivity contribution in [3.63, 3.8) is 0 Å². The van der Waals surface area contributed by atoms with Crippen molar-refractivity contribution in [3.8, 4) is 50.2 Å². The van der Waals surface area contributed by atoms with E-state index in [-0.39, 0.29) is 0 Å². The first kappa shape index (κ1) is 38.5. The summed E-state index contributed by atoms with van der Waals surface area (Å²) in [7, 11) is 0. The summed E-state index contributed by atoms with van der Waals surface area (Å²) in [5.74, 6) is 0. The van der Waals surface area contributed by atoms with E-state index in [0.717, 1.165) is 72.5 Å². The fourth-order valence-electron chi connectivity index (χ4n) is 10.3. The molecule has 0 fully saturated rings. The van der Waals surface area contributed by atoms with Crippen molar-refractivity contribution in [1.29, 1.82) is 0 Å². The molecule has 2 heterocycles. The Morgan fingerprint density at radius 3 is 1.66 bits per heavy atom. The molecule has 0 aliphatic rings. The number of nitrogens with zero attached hydrogens (tertiary/aromatic N) is 2. The van der Waals surface area contributed by atoms with Crippen LogP contribution in [0, 0.1) is 0 Å². The zero-order valence-corrected chi connectivity index (χ0v) is 36.6. The normalized spacial score (nSPS) is 11.6. The zero-order valence-electron chi connectivity index (χ0n) is 36.6. The van der Waals surface area contributed by atoms with Gasteiger partial charge in [-0.05, 0) is 93.2 Å². The van der Waals surface area contributed by atoms with Gasteiger partial charge in [-0.1, -0.05) is 200 Å². The van der Waals surface area contributed by atoms with Gasteiger partial charge in [0.15, 0.2) is 0 Å². The fraction of sp³-hybridized carbons (Fsp3) is 0. The summed E-state index contributed by atoms with van der Waals surface area (Å²) < 4.78 is 8.89. The van der Waals surface area contributed by atoms with Gasteiger partial charge in [-0.15, -0.1) is 0 Å². The third-order valence-corrected chi connectivity index (χ3v) is 13.4. The highest BCUT2D eigenvalue weighted by molar-refractivity contribution is 6.11. The Bertz CT molecular complexity index is 3930. The van der Waals surface area contributed by atoms with Crippen molar-refractivity contribution in [2.24, 2.45) is 0 Å². The first-order valence-electron chi connectivity index (χ1n) is 22.9. The molecule has 0 amide bonds. The topological polar surface area (TPSA) is 21.3 Å².